The number of anilines is 1. The van der Waals surface area contributed by atoms with Crippen molar-refractivity contribution in [2.75, 3.05) is 23.8 Å². The Bertz CT molecular complexity index is 389. The summed E-state index contributed by atoms with van der Waals surface area (Å²) in [5.41, 5.74) is 7.49. The van der Waals surface area contributed by atoms with Crippen molar-refractivity contribution < 1.29 is 4.79 Å². The predicted octanol–water partition coefficient (Wildman–Crippen LogP) is 1.99. The first-order valence-corrected chi connectivity index (χ1v) is 7.43. The number of nitrogens with one attached hydrogen (secondary N) is 2. The Morgan fingerprint density at radius 2 is 2.28 bits per heavy atom. The highest BCUT2D eigenvalue weighted by atomic mass is 32.2. The number of thioether (sulfide) groups is 1. The molecule has 5 nitrogen and oxygen atoms in total. The van der Waals surface area contributed by atoms with E-state index in [1.54, 1.807) is 0 Å². The van der Waals surface area contributed by atoms with Crippen LogP contribution in [0.2, 0.25) is 0 Å². The molecule has 4 N–H and O–H groups in total. The van der Waals surface area contributed by atoms with E-state index >= 15 is 0 Å². The summed E-state index contributed by atoms with van der Waals surface area (Å²) in [6, 6.07) is 0. The number of nitrogens with zero attached hydrogens (tertiary/aromatic N) is 1. The van der Waals surface area contributed by atoms with E-state index in [-0.39, 0.29) is 11.8 Å². The van der Waals surface area contributed by atoms with E-state index < -0.39 is 0 Å². The lowest BCUT2D eigenvalue weighted by molar-refractivity contribution is 0.0949. The first-order chi connectivity index (χ1) is 8.57. The van der Waals surface area contributed by atoms with E-state index in [1.165, 1.54) is 0 Å². The molecular formula is C12H22N4OS. The second kappa shape index (κ2) is 7.31. The van der Waals surface area contributed by atoms with Gasteiger partial charge in [-0.1, -0.05) is 20.8 Å². The Morgan fingerprint density at radius 3 is 2.83 bits per heavy atom. The third-order valence-corrected chi connectivity index (χ3v) is 3.57. The smallest absolute Gasteiger partial charge is 0.273 e. The number of amides is 1. The Morgan fingerprint density at radius 1 is 1.56 bits per heavy atom. The molecule has 18 heavy (non-hydrogen) atoms. The molecule has 1 rings (SSSR count). The minimum atomic E-state index is -0.197. The Hall–Kier alpha value is -1.17. The molecule has 6 heteroatoms. The fraction of sp³-hybridized carbons (Fsp3) is 0.667. The zero-order chi connectivity index (χ0) is 13.5. The van der Waals surface area contributed by atoms with Crippen molar-refractivity contribution in [1.82, 2.24) is 15.5 Å². The van der Waals surface area contributed by atoms with Gasteiger partial charge in [-0.05, 0) is 23.8 Å². The number of aromatic amines is 1. The maximum Gasteiger partial charge on any atom is 0.273 e. The normalized spacial score (nSPS) is 10.9. The minimum absolute atomic E-state index is 0.197. The van der Waals surface area contributed by atoms with E-state index in [1.807, 2.05) is 25.6 Å². The van der Waals surface area contributed by atoms with Crippen molar-refractivity contribution in [2.24, 2.45) is 0 Å². The van der Waals surface area contributed by atoms with Crippen molar-refractivity contribution >= 4 is 23.4 Å². The van der Waals surface area contributed by atoms with Crippen LogP contribution >= 0.6 is 11.8 Å². The van der Waals surface area contributed by atoms with Gasteiger partial charge in [0.15, 0.2) is 5.69 Å². The number of nitrogen functional groups attached to an aromatic ring is 1. The Labute approximate surface area is 112 Å². The van der Waals surface area contributed by atoms with Gasteiger partial charge in [0, 0.05) is 6.54 Å². The molecule has 0 fully saturated rings. The van der Waals surface area contributed by atoms with Crippen molar-refractivity contribution in [1.29, 1.82) is 0 Å². The highest BCUT2D eigenvalue weighted by molar-refractivity contribution is 7.99. The maximum absolute atomic E-state index is 11.9. The van der Waals surface area contributed by atoms with Gasteiger partial charge in [-0.3, -0.25) is 9.89 Å². The zero-order valence-electron chi connectivity index (χ0n) is 11.2. The van der Waals surface area contributed by atoms with Crippen LogP contribution in [0.3, 0.4) is 0 Å². The molecule has 0 aromatic carbocycles. The molecule has 0 aliphatic carbocycles. The van der Waals surface area contributed by atoms with Crippen LogP contribution in [0.15, 0.2) is 0 Å². The average molecular weight is 270 g/mol. The van der Waals surface area contributed by atoms with Crippen LogP contribution in [-0.4, -0.2) is 34.2 Å². The first-order valence-electron chi connectivity index (χ1n) is 6.27. The van der Waals surface area contributed by atoms with Crippen LogP contribution in [0.1, 0.15) is 49.3 Å². The van der Waals surface area contributed by atoms with Crippen molar-refractivity contribution in [2.45, 2.75) is 33.1 Å². The topological polar surface area (TPSA) is 83.8 Å². The summed E-state index contributed by atoms with van der Waals surface area (Å²) >= 11 is 1.87. The zero-order valence-corrected chi connectivity index (χ0v) is 12.1. The van der Waals surface area contributed by atoms with Gasteiger partial charge in [-0.15, -0.1) is 0 Å². The standard InChI is InChI=1S/C12H22N4OS/c1-4-18-7-5-6-14-12(17)11-9(13)10(8(2)3)15-16-11/h8H,4-7,13H2,1-3H3,(H,14,17)(H,15,16). The number of aromatic nitrogens is 2. The number of carbonyl (C=O) groups excluding carboxylic acids is 1. The molecule has 0 saturated heterocycles. The van der Waals surface area contributed by atoms with Crippen LogP contribution in [-0.2, 0) is 0 Å². The second-order valence-corrected chi connectivity index (χ2v) is 5.75. The molecule has 0 unspecified atom stereocenters. The molecule has 0 atom stereocenters. The number of rotatable bonds is 7. The van der Waals surface area contributed by atoms with Crippen LogP contribution < -0.4 is 11.1 Å². The van der Waals surface area contributed by atoms with Crippen molar-refractivity contribution in [3.63, 3.8) is 0 Å². The molecule has 0 spiro atoms. The lowest BCUT2D eigenvalue weighted by atomic mass is 10.1. The van der Waals surface area contributed by atoms with E-state index in [0.29, 0.717) is 17.9 Å². The van der Waals surface area contributed by atoms with Gasteiger partial charge < -0.3 is 11.1 Å². The summed E-state index contributed by atoms with van der Waals surface area (Å²) in [6.07, 6.45) is 0.964. The molecule has 1 heterocycles. The average Bonchev–Trinajstić information content (AvgIpc) is 2.70. The summed E-state index contributed by atoms with van der Waals surface area (Å²) in [6.45, 7) is 6.80. The fourth-order valence-corrected chi connectivity index (χ4v) is 2.22. The van der Waals surface area contributed by atoms with Crippen LogP contribution in [0.5, 0.6) is 0 Å². The number of hydrogen-bond acceptors (Lipinski definition) is 4. The van der Waals surface area contributed by atoms with Crippen LogP contribution in [0, 0.1) is 0 Å². The third-order valence-electron chi connectivity index (χ3n) is 2.58. The molecule has 0 aliphatic rings. The molecule has 0 radical (unpaired) electrons. The second-order valence-electron chi connectivity index (χ2n) is 4.36. The lowest BCUT2D eigenvalue weighted by Crippen LogP contribution is -2.26. The van der Waals surface area contributed by atoms with E-state index in [2.05, 4.69) is 22.4 Å². The van der Waals surface area contributed by atoms with Gasteiger partial charge in [-0.25, -0.2) is 0 Å². The monoisotopic (exact) mass is 270 g/mol. The first kappa shape index (κ1) is 14.9. The van der Waals surface area contributed by atoms with Crippen LogP contribution in [0.25, 0.3) is 0 Å². The minimum Gasteiger partial charge on any atom is -0.395 e. The fourth-order valence-electron chi connectivity index (χ4n) is 1.58. The third kappa shape index (κ3) is 3.94. The van der Waals surface area contributed by atoms with Gasteiger partial charge >= 0.3 is 0 Å². The van der Waals surface area contributed by atoms with Gasteiger partial charge in [0.05, 0.1) is 11.4 Å². The summed E-state index contributed by atoms with van der Waals surface area (Å²) in [7, 11) is 0. The quantitative estimate of drug-likeness (QED) is 0.662. The summed E-state index contributed by atoms with van der Waals surface area (Å²) in [4.78, 5) is 11.9. The number of H-pyrrole nitrogens is 1. The van der Waals surface area contributed by atoms with Crippen LogP contribution in [0.4, 0.5) is 5.69 Å². The van der Waals surface area contributed by atoms with Crippen molar-refractivity contribution in [3.05, 3.63) is 11.4 Å². The maximum atomic E-state index is 11.9. The van der Waals surface area contributed by atoms with E-state index in [4.69, 9.17) is 5.73 Å². The molecule has 0 aliphatic heterocycles. The van der Waals surface area contributed by atoms with Gasteiger partial charge in [0.1, 0.15) is 0 Å². The molecule has 1 amide bonds. The molecule has 0 bridgehead atoms. The summed E-state index contributed by atoms with van der Waals surface area (Å²) < 4.78 is 0. The number of carbonyl (C=O) groups is 1. The Kier molecular flexibility index (Phi) is 6.04. The van der Waals surface area contributed by atoms with E-state index in [0.717, 1.165) is 23.6 Å². The molecule has 0 saturated carbocycles. The highest BCUT2D eigenvalue weighted by Gasteiger charge is 2.18. The summed E-state index contributed by atoms with van der Waals surface area (Å²) in [5.74, 6) is 2.21. The molecular weight excluding hydrogens is 248 g/mol. The molecule has 1 aromatic heterocycles. The number of hydrogen-bond donors (Lipinski definition) is 3. The number of nitrogens with two attached hydrogens (primary N) is 1. The van der Waals surface area contributed by atoms with Gasteiger partial charge in [-0.2, -0.15) is 16.9 Å². The van der Waals surface area contributed by atoms with Crippen molar-refractivity contribution in [3.8, 4) is 0 Å². The highest BCUT2D eigenvalue weighted by Crippen LogP contribution is 2.21. The largest absolute Gasteiger partial charge is 0.395 e. The lowest BCUT2D eigenvalue weighted by Gasteiger charge is -2.04. The molecule has 102 valence electrons. The molecule has 1 aromatic rings. The SMILES string of the molecule is CCSCCCNC(=O)c1n[nH]c(C(C)C)c1N. The van der Waals surface area contributed by atoms with E-state index in [9.17, 15) is 4.79 Å². The Balaban J connectivity index is 2.47. The predicted molar refractivity (Wildman–Crippen MR) is 77.0 cm³/mol. The van der Waals surface area contributed by atoms with Gasteiger partial charge in [0.2, 0.25) is 0 Å². The summed E-state index contributed by atoms with van der Waals surface area (Å²) in [5, 5.41) is 9.65. The van der Waals surface area contributed by atoms with Gasteiger partial charge in [0.25, 0.3) is 5.91 Å².